The smallest absolute Gasteiger partial charge is 0.221 e. The molecule has 0 unspecified atom stereocenters. The Balaban J connectivity index is 1.54. The second-order valence-corrected chi connectivity index (χ2v) is 6.16. The van der Waals surface area contributed by atoms with Crippen molar-refractivity contribution in [1.29, 1.82) is 0 Å². The molecule has 0 aliphatic rings. The summed E-state index contributed by atoms with van der Waals surface area (Å²) < 4.78 is 5.84. The largest absolute Gasteiger partial charge is 0.489 e. The maximum atomic E-state index is 5.93. The number of nitrogens with zero attached hydrogens (tertiary/aromatic N) is 2. The third-order valence-corrected chi connectivity index (χ3v) is 4.21. The van der Waals surface area contributed by atoms with Crippen LogP contribution in [0.1, 0.15) is 5.56 Å². The highest BCUT2D eigenvalue weighted by Gasteiger charge is 2.07. The van der Waals surface area contributed by atoms with Gasteiger partial charge >= 0.3 is 0 Å². The lowest BCUT2D eigenvalue weighted by molar-refractivity contribution is 0.306. The molecule has 0 aliphatic heterocycles. The number of hydrogen-bond donors (Lipinski definition) is 1. The van der Waals surface area contributed by atoms with Gasteiger partial charge in [0.2, 0.25) is 5.95 Å². The summed E-state index contributed by atoms with van der Waals surface area (Å²) in [6, 6.07) is 29.8. The van der Waals surface area contributed by atoms with Crippen LogP contribution in [0.2, 0.25) is 0 Å². The van der Waals surface area contributed by atoms with Crippen molar-refractivity contribution in [1.82, 2.24) is 9.97 Å². The summed E-state index contributed by atoms with van der Waals surface area (Å²) >= 11 is 0. The molecular weight excluding hydrogens is 334 g/mol. The normalized spacial score (nSPS) is 10.5. The fraction of sp³-hybridized carbons (Fsp3) is 0.0435. The first-order valence-corrected chi connectivity index (χ1v) is 8.75. The van der Waals surface area contributed by atoms with Crippen LogP contribution < -0.4 is 10.5 Å². The number of hydrogen-bond acceptors (Lipinski definition) is 4. The van der Waals surface area contributed by atoms with E-state index >= 15 is 0 Å². The maximum Gasteiger partial charge on any atom is 0.221 e. The summed E-state index contributed by atoms with van der Waals surface area (Å²) in [5, 5.41) is 0. The van der Waals surface area contributed by atoms with Gasteiger partial charge in [0.1, 0.15) is 12.4 Å². The third kappa shape index (κ3) is 4.12. The first-order valence-electron chi connectivity index (χ1n) is 8.75. The van der Waals surface area contributed by atoms with E-state index in [0.29, 0.717) is 6.61 Å². The third-order valence-electron chi connectivity index (χ3n) is 4.21. The van der Waals surface area contributed by atoms with E-state index in [2.05, 4.69) is 9.97 Å². The Kier molecular flexibility index (Phi) is 4.79. The predicted molar refractivity (Wildman–Crippen MR) is 108 cm³/mol. The van der Waals surface area contributed by atoms with Gasteiger partial charge < -0.3 is 10.5 Å². The summed E-state index contributed by atoms with van der Waals surface area (Å²) in [7, 11) is 0. The molecule has 4 nitrogen and oxygen atoms in total. The number of nitrogens with two attached hydrogens (primary N) is 1. The summed E-state index contributed by atoms with van der Waals surface area (Å²) in [6.07, 6.45) is 0. The minimum Gasteiger partial charge on any atom is -0.489 e. The lowest BCUT2D eigenvalue weighted by atomic mass is 10.1. The van der Waals surface area contributed by atoms with Gasteiger partial charge in [0.15, 0.2) is 0 Å². The molecule has 4 rings (SSSR count). The summed E-state index contributed by atoms with van der Waals surface area (Å²) in [4.78, 5) is 8.73. The lowest BCUT2D eigenvalue weighted by Crippen LogP contribution is -1.99. The number of aromatic nitrogens is 2. The molecule has 1 aromatic heterocycles. The molecule has 0 bridgehead atoms. The van der Waals surface area contributed by atoms with Crippen LogP contribution in [0.15, 0.2) is 91.0 Å². The monoisotopic (exact) mass is 353 g/mol. The Labute approximate surface area is 158 Å². The number of benzene rings is 3. The molecule has 0 saturated carbocycles. The van der Waals surface area contributed by atoms with Gasteiger partial charge in [-0.15, -0.1) is 0 Å². The van der Waals surface area contributed by atoms with Crippen LogP contribution in [-0.2, 0) is 6.61 Å². The number of anilines is 1. The van der Waals surface area contributed by atoms with Crippen molar-refractivity contribution >= 4 is 5.95 Å². The molecule has 132 valence electrons. The molecule has 1 heterocycles. The van der Waals surface area contributed by atoms with E-state index in [4.69, 9.17) is 10.5 Å². The van der Waals surface area contributed by atoms with Gasteiger partial charge in [-0.05, 0) is 35.9 Å². The topological polar surface area (TPSA) is 61.0 Å². The van der Waals surface area contributed by atoms with Gasteiger partial charge in [0.25, 0.3) is 0 Å². The second-order valence-electron chi connectivity index (χ2n) is 6.16. The zero-order valence-electron chi connectivity index (χ0n) is 14.7. The Morgan fingerprint density at radius 3 is 1.85 bits per heavy atom. The van der Waals surface area contributed by atoms with Crippen LogP contribution in [0.3, 0.4) is 0 Å². The van der Waals surface area contributed by atoms with Gasteiger partial charge in [-0.1, -0.05) is 60.7 Å². The molecule has 27 heavy (non-hydrogen) atoms. The highest BCUT2D eigenvalue weighted by molar-refractivity contribution is 5.69. The minimum absolute atomic E-state index is 0.260. The minimum atomic E-state index is 0.260. The van der Waals surface area contributed by atoms with Gasteiger partial charge in [0.05, 0.1) is 11.4 Å². The van der Waals surface area contributed by atoms with Crippen LogP contribution in [0.4, 0.5) is 5.95 Å². The van der Waals surface area contributed by atoms with Crippen molar-refractivity contribution in [3.05, 3.63) is 96.6 Å². The van der Waals surface area contributed by atoms with E-state index in [1.807, 2.05) is 91.0 Å². The van der Waals surface area contributed by atoms with Crippen LogP contribution in [-0.4, -0.2) is 9.97 Å². The highest BCUT2D eigenvalue weighted by atomic mass is 16.5. The molecule has 0 saturated heterocycles. The molecule has 0 amide bonds. The zero-order chi connectivity index (χ0) is 18.5. The van der Waals surface area contributed by atoms with Gasteiger partial charge in [-0.25, -0.2) is 9.97 Å². The van der Waals surface area contributed by atoms with Crippen LogP contribution in [0.5, 0.6) is 5.75 Å². The highest BCUT2D eigenvalue weighted by Crippen LogP contribution is 2.26. The van der Waals surface area contributed by atoms with E-state index < -0.39 is 0 Å². The van der Waals surface area contributed by atoms with Gasteiger partial charge in [0, 0.05) is 11.1 Å². The first-order chi connectivity index (χ1) is 13.3. The van der Waals surface area contributed by atoms with E-state index in [9.17, 15) is 0 Å². The first kappa shape index (κ1) is 16.8. The molecule has 2 N–H and O–H groups in total. The number of ether oxygens (including phenoxy) is 1. The quantitative estimate of drug-likeness (QED) is 0.550. The number of rotatable bonds is 5. The van der Waals surface area contributed by atoms with Gasteiger partial charge in [-0.2, -0.15) is 0 Å². The number of nitrogen functional groups attached to an aromatic ring is 1. The van der Waals surface area contributed by atoms with Crippen molar-refractivity contribution in [3.63, 3.8) is 0 Å². The molecule has 0 spiro atoms. The fourth-order valence-corrected chi connectivity index (χ4v) is 2.83. The Morgan fingerprint density at radius 1 is 0.667 bits per heavy atom. The standard InChI is InChI=1S/C23H19N3O/c24-23-25-21(18-9-5-2-6-10-18)15-22(26-23)19-11-13-20(14-12-19)27-16-17-7-3-1-4-8-17/h1-15H,16H2,(H2,24,25,26). The Hall–Kier alpha value is -3.66. The van der Waals surface area contributed by atoms with E-state index in [-0.39, 0.29) is 5.95 Å². The van der Waals surface area contributed by atoms with Crippen LogP contribution in [0.25, 0.3) is 22.5 Å². The summed E-state index contributed by atoms with van der Waals surface area (Å²) in [5.74, 6) is 1.07. The molecule has 0 aliphatic carbocycles. The van der Waals surface area contributed by atoms with Crippen molar-refractivity contribution < 1.29 is 4.74 Å². The van der Waals surface area contributed by atoms with Crippen molar-refractivity contribution in [3.8, 4) is 28.3 Å². The maximum absolute atomic E-state index is 5.93. The van der Waals surface area contributed by atoms with Crippen molar-refractivity contribution in [2.45, 2.75) is 6.61 Å². The van der Waals surface area contributed by atoms with Gasteiger partial charge in [-0.3, -0.25) is 0 Å². The summed E-state index contributed by atoms with van der Waals surface area (Å²) in [6.45, 7) is 0.540. The summed E-state index contributed by atoms with van der Waals surface area (Å²) in [5.41, 5.74) is 10.6. The molecular formula is C23H19N3O. The second kappa shape index (κ2) is 7.70. The average Bonchev–Trinajstić information content (AvgIpc) is 2.73. The average molecular weight is 353 g/mol. The Morgan fingerprint density at radius 2 is 1.22 bits per heavy atom. The van der Waals surface area contributed by atoms with Crippen molar-refractivity contribution in [2.75, 3.05) is 5.73 Å². The van der Waals surface area contributed by atoms with E-state index in [0.717, 1.165) is 33.8 Å². The molecule has 4 aromatic rings. The molecule has 3 aromatic carbocycles. The molecule has 0 atom stereocenters. The fourth-order valence-electron chi connectivity index (χ4n) is 2.83. The SMILES string of the molecule is Nc1nc(-c2ccccc2)cc(-c2ccc(OCc3ccccc3)cc2)n1. The Bertz CT molecular complexity index is 1020. The molecule has 0 radical (unpaired) electrons. The van der Waals surface area contributed by atoms with Crippen molar-refractivity contribution in [2.24, 2.45) is 0 Å². The van der Waals surface area contributed by atoms with Crippen LogP contribution in [0, 0.1) is 0 Å². The molecule has 4 heteroatoms. The molecule has 0 fully saturated rings. The lowest BCUT2D eigenvalue weighted by Gasteiger charge is -2.09. The predicted octanol–water partition coefficient (Wildman–Crippen LogP) is 4.97. The van der Waals surface area contributed by atoms with E-state index in [1.54, 1.807) is 0 Å². The zero-order valence-corrected chi connectivity index (χ0v) is 14.7. The van der Waals surface area contributed by atoms with Crippen LogP contribution >= 0.6 is 0 Å². The van der Waals surface area contributed by atoms with E-state index in [1.165, 1.54) is 0 Å².